The molecule has 106 valence electrons. The average Bonchev–Trinajstić information content (AvgIpc) is 3.12. The number of hydrogen-bond acceptors (Lipinski definition) is 2. The predicted octanol–water partition coefficient (Wildman–Crippen LogP) is 4.66. The van der Waals surface area contributed by atoms with Crippen LogP contribution in [0.25, 0.3) is 0 Å². The first-order valence-electron chi connectivity index (χ1n) is 7.30. The fourth-order valence-electron chi connectivity index (χ4n) is 2.55. The number of rotatable bonds is 7. The van der Waals surface area contributed by atoms with E-state index in [1.54, 1.807) is 0 Å². The Morgan fingerprint density at radius 3 is 2.80 bits per heavy atom. The fourth-order valence-corrected chi connectivity index (χ4v) is 3.82. The topological polar surface area (TPSA) is 12.0 Å². The average molecular weight is 350 g/mol. The summed E-state index contributed by atoms with van der Waals surface area (Å²) >= 11 is 5.45. The van der Waals surface area contributed by atoms with Gasteiger partial charge in [-0.1, -0.05) is 34.1 Å². The zero-order valence-electron chi connectivity index (χ0n) is 11.5. The first kappa shape index (κ1) is 14.3. The van der Waals surface area contributed by atoms with Crippen LogP contribution in [0.15, 0.2) is 46.3 Å². The number of halogens is 1. The smallest absolute Gasteiger partial charge is 0.0177 e. The van der Waals surface area contributed by atoms with Gasteiger partial charge in [-0.3, -0.25) is 0 Å². The summed E-state index contributed by atoms with van der Waals surface area (Å²) in [5.41, 5.74) is 1.43. The van der Waals surface area contributed by atoms with Crippen molar-refractivity contribution in [2.45, 2.75) is 31.7 Å². The van der Waals surface area contributed by atoms with E-state index < -0.39 is 0 Å². The van der Waals surface area contributed by atoms with Gasteiger partial charge in [0, 0.05) is 15.4 Å². The number of nitrogens with one attached hydrogen (secondary N) is 1. The second kappa shape index (κ2) is 6.88. The van der Waals surface area contributed by atoms with Gasteiger partial charge in [-0.15, -0.1) is 11.3 Å². The summed E-state index contributed by atoms with van der Waals surface area (Å²) < 4.78 is 1.18. The lowest BCUT2D eigenvalue weighted by Gasteiger charge is -2.17. The largest absolute Gasteiger partial charge is 0.314 e. The number of hydrogen-bond donors (Lipinski definition) is 1. The monoisotopic (exact) mass is 349 g/mol. The van der Waals surface area contributed by atoms with Crippen molar-refractivity contribution >= 4 is 27.3 Å². The molecule has 2 aromatic rings. The van der Waals surface area contributed by atoms with Gasteiger partial charge >= 0.3 is 0 Å². The van der Waals surface area contributed by atoms with Crippen LogP contribution in [-0.2, 0) is 12.8 Å². The third-order valence-electron chi connectivity index (χ3n) is 3.76. The van der Waals surface area contributed by atoms with E-state index in [1.165, 1.54) is 34.2 Å². The molecule has 1 nitrogen and oxygen atoms in total. The normalized spacial score (nSPS) is 16.2. The standard InChI is InChI=1S/C17H20BrNS/c18-15-4-1-3-13(10-15)9-14(12-19-16-6-7-16)11-17-5-2-8-20-17/h1-5,8,10,14,16,19H,6-7,9,11-12H2. The molecule has 0 bridgehead atoms. The van der Waals surface area contributed by atoms with Crippen LogP contribution in [0.5, 0.6) is 0 Å². The zero-order chi connectivity index (χ0) is 13.8. The molecule has 1 aliphatic rings. The minimum absolute atomic E-state index is 0.684. The predicted molar refractivity (Wildman–Crippen MR) is 90.4 cm³/mol. The SMILES string of the molecule is Brc1cccc(CC(CNC2CC2)Cc2cccs2)c1. The van der Waals surface area contributed by atoms with E-state index in [2.05, 4.69) is 63.0 Å². The number of benzene rings is 1. The van der Waals surface area contributed by atoms with Crippen LogP contribution in [0, 0.1) is 5.92 Å². The molecular weight excluding hydrogens is 330 g/mol. The lowest BCUT2D eigenvalue weighted by Crippen LogP contribution is -2.27. The van der Waals surface area contributed by atoms with E-state index in [4.69, 9.17) is 0 Å². The maximum absolute atomic E-state index is 3.70. The molecule has 0 spiro atoms. The summed E-state index contributed by atoms with van der Waals surface area (Å²) in [5.74, 6) is 0.684. The minimum atomic E-state index is 0.684. The van der Waals surface area contributed by atoms with E-state index in [0.717, 1.165) is 19.0 Å². The summed E-state index contributed by atoms with van der Waals surface area (Å²) in [6.45, 7) is 1.13. The Morgan fingerprint density at radius 2 is 2.10 bits per heavy atom. The molecule has 20 heavy (non-hydrogen) atoms. The van der Waals surface area contributed by atoms with Gasteiger partial charge in [0.25, 0.3) is 0 Å². The van der Waals surface area contributed by atoms with Crippen LogP contribution < -0.4 is 5.32 Å². The van der Waals surface area contributed by atoms with Gasteiger partial charge in [-0.05, 0) is 67.3 Å². The zero-order valence-corrected chi connectivity index (χ0v) is 13.9. The third-order valence-corrected chi connectivity index (χ3v) is 5.15. The lowest BCUT2D eigenvalue weighted by molar-refractivity contribution is 0.471. The number of thiophene rings is 1. The van der Waals surface area contributed by atoms with Gasteiger partial charge in [0.1, 0.15) is 0 Å². The fraction of sp³-hybridized carbons (Fsp3) is 0.412. The second-order valence-corrected chi connectivity index (χ2v) is 7.61. The maximum atomic E-state index is 3.70. The van der Waals surface area contributed by atoms with Gasteiger partial charge in [0.2, 0.25) is 0 Å². The highest BCUT2D eigenvalue weighted by Gasteiger charge is 2.22. The maximum Gasteiger partial charge on any atom is 0.0177 e. The Bertz CT molecular complexity index is 534. The Labute approximate surface area is 133 Å². The van der Waals surface area contributed by atoms with E-state index in [9.17, 15) is 0 Å². The van der Waals surface area contributed by atoms with Gasteiger partial charge in [0.15, 0.2) is 0 Å². The van der Waals surface area contributed by atoms with Gasteiger partial charge < -0.3 is 5.32 Å². The molecule has 0 amide bonds. The molecule has 1 atom stereocenters. The first-order chi connectivity index (χ1) is 9.79. The second-order valence-electron chi connectivity index (χ2n) is 5.67. The van der Waals surface area contributed by atoms with Crippen LogP contribution in [0.3, 0.4) is 0 Å². The first-order valence-corrected chi connectivity index (χ1v) is 8.97. The highest BCUT2D eigenvalue weighted by molar-refractivity contribution is 9.10. The molecule has 3 heteroatoms. The summed E-state index contributed by atoms with van der Waals surface area (Å²) in [6, 6.07) is 13.9. The van der Waals surface area contributed by atoms with E-state index in [1.807, 2.05) is 11.3 Å². The molecule has 0 saturated heterocycles. The van der Waals surface area contributed by atoms with Crippen LogP contribution in [0.4, 0.5) is 0 Å². The summed E-state index contributed by atoms with van der Waals surface area (Å²) in [6.07, 6.45) is 5.06. The van der Waals surface area contributed by atoms with Crippen molar-refractivity contribution in [2.75, 3.05) is 6.54 Å². The Morgan fingerprint density at radius 1 is 1.20 bits per heavy atom. The van der Waals surface area contributed by atoms with Gasteiger partial charge in [-0.25, -0.2) is 0 Å². The van der Waals surface area contributed by atoms with Crippen molar-refractivity contribution in [2.24, 2.45) is 5.92 Å². The lowest BCUT2D eigenvalue weighted by atomic mass is 9.95. The van der Waals surface area contributed by atoms with Crippen molar-refractivity contribution in [1.29, 1.82) is 0 Å². The van der Waals surface area contributed by atoms with Crippen LogP contribution >= 0.6 is 27.3 Å². The Hall–Kier alpha value is -0.640. The summed E-state index contributed by atoms with van der Waals surface area (Å²) in [7, 11) is 0. The Balaban J connectivity index is 1.63. The van der Waals surface area contributed by atoms with Crippen molar-refractivity contribution in [3.63, 3.8) is 0 Å². The van der Waals surface area contributed by atoms with E-state index in [-0.39, 0.29) is 0 Å². The van der Waals surface area contributed by atoms with Gasteiger partial charge in [0.05, 0.1) is 0 Å². The highest BCUT2D eigenvalue weighted by atomic mass is 79.9. The van der Waals surface area contributed by atoms with Crippen molar-refractivity contribution in [1.82, 2.24) is 5.32 Å². The highest BCUT2D eigenvalue weighted by Crippen LogP contribution is 2.23. The molecule has 1 unspecified atom stereocenters. The van der Waals surface area contributed by atoms with E-state index >= 15 is 0 Å². The molecular formula is C17H20BrNS. The molecule has 0 aliphatic heterocycles. The van der Waals surface area contributed by atoms with Crippen LogP contribution in [0.1, 0.15) is 23.3 Å². The molecule has 0 radical (unpaired) electrons. The molecule has 1 N–H and O–H groups in total. The molecule has 1 aliphatic carbocycles. The van der Waals surface area contributed by atoms with E-state index in [0.29, 0.717) is 5.92 Å². The van der Waals surface area contributed by atoms with Crippen molar-refractivity contribution in [3.05, 3.63) is 56.7 Å². The van der Waals surface area contributed by atoms with Crippen molar-refractivity contribution in [3.8, 4) is 0 Å². The molecule has 1 heterocycles. The molecule has 1 aromatic carbocycles. The summed E-state index contributed by atoms with van der Waals surface area (Å²) in [5, 5.41) is 5.88. The van der Waals surface area contributed by atoms with Crippen molar-refractivity contribution < 1.29 is 0 Å². The molecule has 1 saturated carbocycles. The van der Waals surface area contributed by atoms with Gasteiger partial charge in [-0.2, -0.15) is 0 Å². The van der Waals surface area contributed by atoms with Crippen LogP contribution in [0.2, 0.25) is 0 Å². The quantitative estimate of drug-likeness (QED) is 0.766. The minimum Gasteiger partial charge on any atom is -0.314 e. The van der Waals surface area contributed by atoms with Crippen LogP contribution in [-0.4, -0.2) is 12.6 Å². The Kier molecular flexibility index (Phi) is 4.92. The third kappa shape index (κ3) is 4.44. The molecule has 1 aromatic heterocycles. The molecule has 1 fully saturated rings. The molecule has 3 rings (SSSR count). The summed E-state index contributed by atoms with van der Waals surface area (Å²) in [4.78, 5) is 1.50.